The molecule has 108 valence electrons. The van der Waals surface area contributed by atoms with Crippen LogP contribution in [0.15, 0.2) is 48.5 Å². The molecule has 3 rings (SSSR count). The van der Waals surface area contributed by atoms with Crippen LogP contribution in [0.2, 0.25) is 5.02 Å². The van der Waals surface area contributed by atoms with Gasteiger partial charge in [0.25, 0.3) is 0 Å². The predicted molar refractivity (Wildman–Crippen MR) is 83.9 cm³/mol. The molecule has 0 spiro atoms. The average molecular weight is 301 g/mol. The molecule has 0 bridgehead atoms. The molecule has 3 heteroatoms. The van der Waals surface area contributed by atoms with E-state index in [1.165, 1.54) is 5.56 Å². The second-order valence-corrected chi connectivity index (χ2v) is 5.88. The maximum atomic E-state index is 11.8. The first-order valence-corrected chi connectivity index (χ1v) is 7.58. The van der Waals surface area contributed by atoms with Crippen molar-refractivity contribution < 1.29 is 9.53 Å². The van der Waals surface area contributed by atoms with Crippen LogP contribution in [0.4, 0.5) is 0 Å². The zero-order valence-electron chi connectivity index (χ0n) is 11.7. The normalized spacial score (nSPS) is 14.0. The van der Waals surface area contributed by atoms with Crippen LogP contribution >= 0.6 is 11.6 Å². The molecule has 0 amide bonds. The Morgan fingerprint density at radius 2 is 1.90 bits per heavy atom. The molecule has 1 aliphatic carbocycles. The summed E-state index contributed by atoms with van der Waals surface area (Å²) in [6, 6.07) is 15.7. The van der Waals surface area contributed by atoms with Gasteiger partial charge in [0.2, 0.25) is 0 Å². The summed E-state index contributed by atoms with van der Waals surface area (Å²) in [5.74, 6) is 1.18. The van der Waals surface area contributed by atoms with Crippen molar-refractivity contribution in [2.24, 2.45) is 5.92 Å². The molecule has 0 radical (unpaired) electrons. The second kappa shape index (κ2) is 6.31. The summed E-state index contributed by atoms with van der Waals surface area (Å²) in [4.78, 5) is 11.8. The van der Waals surface area contributed by atoms with Gasteiger partial charge in [-0.1, -0.05) is 41.9 Å². The number of ether oxygens (including phenoxy) is 1. The molecule has 0 aromatic heterocycles. The van der Waals surface area contributed by atoms with Crippen molar-refractivity contribution in [3.63, 3.8) is 0 Å². The monoisotopic (exact) mass is 300 g/mol. The van der Waals surface area contributed by atoms with Gasteiger partial charge in [0.1, 0.15) is 12.4 Å². The van der Waals surface area contributed by atoms with E-state index in [1.807, 2.05) is 30.3 Å². The van der Waals surface area contributed by atoms with Crippen molar-refractivity contribution in [2.45, 2.75) is 19.3 Å². The minimum atomic E-state index is 0.161. The van der Waals surface area contributed by atoms with Crippen LogP contribution in [-0.2, 0) is 11.2 Å². The highest BCUT2D eigenvalue weighted by Gasteiger charge is 2.29. The molecule has 2 aromatic carbocycles. The number of rotatable bonds is 6. The number of ketones is 1. The standard InChI is InChI=1S/C18H17ClO2/c19-16-8-9-18(21-12-17(20)14-6-7-14)15(11-16)10-13-4-2-1-3-5-13/h1-5,8-9,11,14H,6-7,10,12H2. The highest BCUT2D eigenvalue weighted by atomic mass is 35.5. The Labute approximate surface area is 129 Å². The zero-order chi connectivity index (χ0) is 14.7. The third-order valence-corrected chi connectivity index (χ3v) is 3.90. The summed E-state index contributed by atoms with van der Waals surface area (Å²) >= 11 is 6.08. The van der Waals surface area contributed by atoms with Gasteiger partial charge in [-0.05, 0) is 42.2 Å². The number of hydrogen-bond donors (Lipinski definition) is 0. The summed E-state index contributed by atoms with van der Waals surface area (Å²) in [5.41, 5.74) is 2.20. The topological polar surface area (TPSA) is 26.3 Å². The number of benzene rings is 2. The Bertz CT molecular complexity index is 633. The Balaban J connectivity index is 1.74. The Morgan fingerprint density at radius 1 is 1.14 bits per heavy atom. The SMILES string of the molecule is O=C(COc1ccc(Cl)cc1Cc1ccccc1)C1CC1. The van der Waals surface area contributed by atoms with Crippen LogP contribution < -0.4 is 4.74 Å². The van der Waals surface area contributed by atoms with E-state index in [0.29, 0.717) is 5.02 Å². The minimum Gasteiger partial charge on any atom is -0.486 e. The van der Waals surface area contributed by atoms with Gasteiger partial charge in [-0.25, -0.2) is 0 Å². The van der Waals surface area contributed by atoms with E-state index < -0.39 is 0 Å². The summed E-state index contributed by atoms with van der Waals surface area (Å²) in [5, 5.41) is 0.682. The fourth-order valence-electron chi connectivity index (χ4n) is 2.31. The van der Waals surface area contributed by atoms with E-state index in [1.54, 1.807) is 6.07 Å². The van der Waals surface area contributed by atoms with Gasteiger partial charge >= 0.3 is 0 Å². The van der Waals surface area contributed by atoms with Crippen LogP contribution in [-0.4, -0.2) is 12.4 Å². The van der Waals surface area contributed by atoms with E-state index in [4.69, 9.17) is 16.3 Å². The molecule has 1 fully saturated rings. The third-order valence-electron chi connectivity index (χ3n) is 3.66. The lowest BCUT2D eigenvalue weighted by atomic mass is 10.0. The Hall–Kier alpha value is -1.80. The van der Waals surface area contributed by atoms with Crippen LogP contribution in [0.1, 0.15) is 24.0 Å². The van der Waals surface area contributed by atoms with E-state index in [0.717, 1.165) is 30.6 Å². The van der Waals surface area contributed by atoms with Crippen LogP contribution in [0.5, 0.6) is 5.75 Å². The number of hydrogen-bond acceptors (Lipinski definition) is 2. The van der Waals surface area contributed by atoms with E-state index in [-0.39, 0.29) is 18.3 Å². The fraction of sp³-hybridized carbons (Fsp3) is 0.278. The van der Waals surface area contributed by atoms with Crippen molar-refractivity contribution in [3.8, 4) is 5.75 Å². The molecule has 1 aliphatic rings. The molecular formula is C18H17ClO2. The zero-order valence-corrected chi connectivity index (χ0v) is 12.5. The maximum absolute atomic E-state index is 11.8. The third kappa shape index (κ3) is 3.85. The Morgan fingerprint density at radius 3 is 2.62 bits per heavy atom. The average Bonchev–Trinajstić information content (AvgIpc) is 3.32. The number of carbonyl (C=O) groups excluding carboxylic acids is 1. The molecule has 2 nitrogen and oxygen atoms in total. The second-order valence-electron chi connectivity index (χ2n) is 5.44. The van der Waals surface area contributed by atoms with Gasteiger partial charge in [-0.2, -0.15) is 0 Å². The van der Waals surface area contributed by atoms with E-state index in [2.05, 4.69) is 12.1 Å². The summed E-state index contributed by atoms with van der Waals surface area (Å²) in [7, 11) is 0. The first-order valence-electron chi connectivity index (χ1n) is 7.20. The molecule has 0 heterocycles. The van der Waals surface area contributed by atoms with Crippen LogP contribution in [0.3, 0.4) is 0 Å². The van der Waals surface area contributed by atoms with E-state index >= 15 is 0 Å². The summed E-state index contributed by atoms with van der Waals surface area (Å²) in [6.07, 6.45) is 2.77. The molecule has 0 unspecified atom stereocenters. The largest absolute Gasteiger partial charge is 0.486 e. The van der Waals surface area contributed by atoms with Gasteiger partial charge in [0.15, 0.2) is 5.78 Å². The first kappa shape index (κ1) is 14.2. The fourth-order valence-corrected chi connectivity index (χ4v) is 2.51. The quantitative estimate of drug-likeness (QED) is 0.795. The van der Waals surface area contributed by atoms with Gasteiger partial charge < -0.3 is 4.74 Å². The number of halogens is 1. The lowest BCUT2D eigenvalue weighted by Crippen LogP contribution is -2.13. The maximum Gasteiger partial charge on any atom is 0.173 e. The van der Waals surface area contributed by atoms with Crippen molar-refractivity contribution in [1.82, 2.24) is 0 Å². The molecule has 0 saturated heterocycles. The van der Waals surface area contributed by atoms with E-state index in [9.17, 15) is 4.79 Å². The van der Waals surface area contributed by atoms with Gasteiger partial charge in [-0.3, -0.25) is 4.79 Å². The molecular weight excluding hydrogens is 284 g/mol. The molecule has 1 saturated carbocycles. The van der Waals surface area contributed by atoms with Gasteiger partial charge in [0, 0.05) is 17.4 Å². The number of Topliss-reactive ketones (excluding diaryl/α,β-unsaturated/α-hetero) is 1. The first-order chi connectivity index (χ1) is 10.2. The van der Waals surface area contributed by atoms with Crippen molar-refractivity contribution in [1.29, 1.82) is 0 Å². The lowest BCUT2D eigenvalue weighted by Gasteiger charge is -2.11. The van der Waals surface area contributed by atoms with Crippen molar-refractivity contribution in [3.05, 3.63) is 64.7 Å². The predicted octanol–water partition coefficient (Wildman–Crippen LogP) is 4.29. The summed E-state index contributed by atoms with van der Waals surface area (Å²) in [6.45, 7) is 0.161. The van der Waals surface area contributed by atoms with Crippen LogP contribution in [0.25, 0.3) is 0 Å². The minimum absolute atomic E-state index is 0.161. The molecule has 0 aliphatic heterocycles. The molecule has 2 aromatic rings. The lowest BCUT2D eigenvalue weighted by molar-refractivity contribution is -0.122. The van der Waals surface area contributed by atoms with Crippen LogP contribution in [0, 0.1) is 5.92 Å². The Kier molecular flexibility index (Phi) is 4.26. The van der Waals surface area contributed by atoms with Crippen molar-refractivity contribution in [2.75, 3.05) is 6.61 Å². The molecule has 0 N–H and O–H groups in total. The summed E-state index contributed by atoms with van der Waals surface area (Å²) < 4.78 is 5.72. The number of carbonyl (C=O) groups is 1. The van der Waals surface area contributed by atoms with Gasteiger partial charge in [0.05, 0.1) is 0 Å². The molecule has 21 heavy (non-hydrogen) atoms. The smallest absolute Gasteiger partial charge is 0.173 e. The highest BCUT2D eigenvalue weighted by molar-refractivity contribution is 6.30. The molecule has 0 atom stereocenters. The van der Waals surface area contributed by atoms with Gasteiger partial charge in [-0.15, -0.1) is 0 Å². The highest BCUT2D eigenvalue weighted by Crippen LogP contribution is 2.31. The van der Waals surface area contributed by atoms with Crippen molar-refractivity contribution >= 4 is 17.4 Å².